The van der Waals surface area contributed by atoms with Gasteiger partial charge in [0.05, 0.1) is 132 Å². The van der Waals surface area contributed by atoms with Crippen LogP contribution in [-0.4, -0.2) is 332 Å². The van der Waals surface area contributed by atoms with Crippen LogP contribution in [0.5, 0.6) is 0 Å². The predicted octanol–water partition coefficient (Wildman–Crippen LogP) is -8.80. The normalized spacial score (nSPS) is 16.0. The molecule has 0 bridgehead atoms. The van der Waals surface area contributed by atoms with Crippen LogP contribution in [0, 0.1) is 0 Å². The smallest absolute Gasteiger partial charge is 0.253 e. The SMILES string of the molecule is NCCOC(CO)OC(CO)COC(CO)OC(CO)CO.O=C(CCCCCN1C(=O)C=CC1=O)CCCOC(CO)OC(CO)COC(CO)OC(CO)CO.O=CCOC(CO)OC(CO)COC(CO)OC(CO)CO. The number of unbranched alkanes of at least 4 members (excludes halogenated alkanes) is 2. The van der Waals surface area contributed by atoms with Crippen LogP contribution in [0.15, 0.2) is 12.2 Å². The molecule has 1 rings (SSSR count). The van der Waals surface area contributed by atoms with E-state index in [2.05, 4.69) is 0 Å². The van der Waals surface area contributed by atoms with Crippen molar-refractivity contribution in [2.24, 2.45) is 5.73 Å². The van der Waals surface area contributed by atoms with Gasteiger partial charge in [0, 0.05) is 38.1 Å². The van der Waals surface area contributed by atoms with E-state index in [4.69, 9.17) is 119 Å². The molecule has 0 aliphatic carbocycles. The number of amides is 2. The van der Waals surface area contributed by atoms with Crippen molar-refractivity contribution >= 4 is 23.9 Å². The highest BCUT2D eigenvalue weighted by molar-refractivity contribution is 6.12. The van der Waals surface area contributed by atoms with Gasteiger partial charge >= 0.3 is 0 Å². The summed E-state index contributed by atoms with van der Waals surface area (Å²) in [4.78, 5) is 46.3. The molecule has 1 aliphatic rings. The number of aldehydes is 1. The largest absolute Gasteiger partial charge is 0.394 e. The molecule has 1 aliphatic heterocycles. The van der Waals surface area contributed by atoms with Gasteiger partial charge in [-0.1, -0.05) is 6.42 Å². The zero-order chi connectivity index (χ0) is 60.4. The Kier molecular flexibility index (Phi) is 53.5. The quantitative estimate of drug-likeness (QED) is 0.0116. The third-order valence-corrected chi connectivity index (χ3v) is 10.1. The number of aliphatic hydroxyl groups excluding tert-OH is 15. The Morgan fingerprint density at radius 3 is 1.05 bits per heavy atom. The fourth-order valence-electron chi connectivity index (χ4n) is 5.95. The fraction of sp³-hybridized carbons (Fsp3) is 0.872. The van der Waals surface area contributed by atoms with Gasteiger partial charge in [-0.05, 0) is 19.3 Å². The molecule has 474 valence electrons. The number of carbonyl (C=O) groups is 4. The molecule has 0 spiro atoms. The van der Waals surface area contributed by atoms with E-state index in [0.29, 0.717) is 44.9 Å². The zero-order valence-corrected chi connectivity index (χ0v) is 44.9. The van der Waals surface area contributed by atoms with Crippen LogP contribution in [0.3, 0.4) is 0 Å². The van der Waals surface area contributed by atoms with E-state index in [1.54, 1.807) is 0 Å². The monoisotopic (exact) mass is 1180 g/mol. The molecule has 0 aromatic heterocycles. The summed E-state index contributed by atoms with van der Waals surface area (Å²) in [5, 5.41) is 136. The number of carbonyl (C=O) groups excluding carboxylic acids is 4. The molecular formula is C47H90N2O31. The standard InChI is InChI=1S/C23H39NO12.C12H27NO9.C12H24O10/c25-11-18(12-26)35-23(15-29)34-16-19(13-27)36-22(14-28)33-10-4-6-17(30)5-2-1-3-9-24-20(31)7-8-21(24)32;2*13-1-2-19-11(6-17)22-10(5-16)8-20-12(7-18)21-9(3-14)4-15/h7-8,18-19,22-23,25-29H,1-6,9-16H2;9-12,14-18H,1-8,13H2;1,9-12,14-18H,2-8H2. The van der Waals surface area contributed by atoms with E-state index in [1.807, 2.05) is 0 Å². The Hall–Kier alpha value is -2.90. The Balaban J connectivity index is 0. The van der Waals surface area contributed by atoms with Gasteiger partial charge in [0.15, 0.2) is 37.7 Å². The van der Waals surface area contributed by atoms with Crippen LogP contribution in [0.1, 0.15) is 38.5 Å². The summed E-state index contributed by atoms with van der Waals surface area (Å²) in [7, 11) is 0. The van der Waals surface area contributed by atoms with Crippen LogP contribution in [0.25, 0.3) is 0 Å². The number of nitrogens with two attached hydrogens (primary N) is 1. The Bertz CT molecular complexity index is 1470. The van der Waals surface area contributed by atoms with Crippen molar-refractivity contribution < 1.29 is 153 Å². The summed E-state index contributed by atoms with van der Waals surface area (Å²) in [5.74, 6) is -0.566. The van der Waals surface area contributed by atoms with Crippen LogP contribution in [0.2, 0.25) is 0 Å². The average Bonchev–Trinajstić information content (AvgIpc) is 3.81. The zero-order valence-electron chi connectivity index (χ0n) is 44.9. The second kappa shape index (κ2) is 54.1. The molecule has 1 heterocycles. The molecule has 80 heavy (non-hydrogen) atoms. The van der Waals surface area contributed by atoms with E-state index in [9.17, 15) is 39.6 Å². The van der Waals surface area contributed by atoms with Gasteiger partial charge < -0.3 is 144 Å². The highest BCUT2D eigenvalue weighted by atomic mass is 16.7. The van der Waals surface area contributed by atoms with Crippen molar-refractivity contribution in [1.29, 1.82) is 0 Å². The first kappa shape index (κ1) is 79.2. The van der Waals surface area contributed by atoms with Crippen LogP contribution >= 0.6 is 0 Å². The topological polar surface area (TPSA) is 512 Å². The van der Waals surface area contributed by atoms with Gasteiger partial charge in [0.1, 0.15) is 55.3 Å². The third kappa shape index (κ3) is 39.6. The first-order valence-electron chi connectivity index (χ1n) is 25.6. The lowest BCUT2D eigenvalue weighted by molar-refractivity contribution is -0.240. The van der Waals surface area contributed by atoms with Gasteiger partial charge in [0.2, 0.25) is 0 Å². The lowest BCUT2D eigenvalue weighted by Crippen LogP contribution is -2.38. The summed E-state index contributed by atoms with van der Waals surface area (Å²) in [6.45, 7) is -7.10. The molecule has 0 aromatic carbocycles. The molecule has 0 aromatic rings. The molecule has 33 heteroatoms. The predicted molar refractivity (Wildman–Crippen MR) is 268 cm³/mol. The lowest BCUT2D eigenvalue weighted by Gasteiger charge is -2.25. The van der Waals surface area contributed by atoms with Crippen molar-refractivity contribution in [3.05, 3.63) is 12.2 Å². The molecular weight excluding hydrogens is 1090 g/mol. The van der Waals surface area contributed by atoms with E-state index < -0.39 is 173 Å². The molecule has 0 saturated heterocycles. The minimum absolute atomic E-state index is 0.0517. The molecule has 0 saturated carbocycles. The van der Waals surface area contributed by atoms with Crippen molar-refractivity contribution in [3.63, 3.8) is 0 Å². The number of ether oxygens (including phenoxy) is 12. The van der Waals surface area contributed by atoms with Gasteiger partial charge in [-0.3, -0.25) is 19.3 Å². The van der Waals surface area contributed by atoms with E-state index in [0.717, 1.165) is 0 Å². The minimum atomic E-state index is -1.16. The highest BCUT2D eigenvalue weighted by Crippen LogP contribution is 2.12. The van der Waals surface area contributed by atoms with Crippen LogP contribution in [-0.2, 0) is 76.0 Å². The summed E-state index contributed by atoms with van der Waals surface area (Å²) < 4.78 is 62.1. The van der Waals surface area contributed by atoms with Crippen molar-refractivity contribution in [2.45, 2.75) is 113 Å². The molecule has 0 radical (unpaired) electrons. The summed E-state index contributed by atoms with van der Waals surface area (Å²) in [5.41, 5.74) is 5.26. The number of ketones is 1. The first-order chi connectivity index (χ1) is 38.7. The van der Waals surface area contributed by atoms with Crippen LogP contribution in [0.4, 0.5) is 0 Å². The maximum Gasteiger partial charge on any atom is 0.253 e. The summed E-state index contributed by atoms with van der Waals surface area (Å²) in [6.07, 6.45) is -5.85. The third-order valence-electron chi connectivity index (χ3n) is 10.1. The molecule has 9 atom stereocenters. The van der Waals surface area contributed by atoms with Crippen molar-refractivity contribution in [2.75, 3.05) is 152 Å². The maximum absolute atomic E-state index is 12.0. The first-order valence-corrected chi connectivity index (χ1v) is 25.6. The number of hydrogen-bond donors (Lipinski definition) is 16. The molecule has 17 N–H and O–H groups in total. The van der Waals surface area contributed by atoms with E-state index in [-0.39, 0.29) is 70.2 Å². The molecule has 2 amide bonds. The summed E-state index contributed by atoms with van der Waals surface area (Å²) >= 11 is 0. The van der Waals surface area contributed by atoms with Gasteiger partial charge in [-0.25, -0.2) is 0 Å². The van der Waals surface area contributed by atoms with Crippen molar-refractivity contribution in [3.8, 4) is 0 Å². The summed E-state index contributed by atoms with van der Waals surface area (Å²) in [6, 6.07) is 0. The second-order valence-corrected chi connectivity index (χ2v) is 16.5. The number of aliphatic hydroxyl groups is 15. The number of rotatable bonds is 53. The Morgan fingerprint density at radius 1 is 0.412 bits per heavy atom. The number of hydrogen-bond acceptors (Lipinski definition) is 32. The average molecular weight is 1180 g/mol. The lowest BCUT2D eigenvalue weighted by atomic mass is 10.1. The highest BCUT2D eigenvalue weighted by Gasteiger charge is 2.25. The van der Waals surface area contributed by atoms with Gasteiger partial charge in [-0.15, -0.1) is 0 Å². The number of Topliss-reactive ketones (excluding diaryl/α,β-unsaturated/α-hetero) is 1. The maximum atomic E-state index is 12.0. The number of imide groups is 1. The van der Waals surface area contributed by atoms with Crippen LogP contribution < -0.4 is 5.73 Å². The van der Waals surface area contributed by atoms with Gasteiger partial charge in [-0.2, -0.15) is 0 Å². The molecule has 0 fully saturated rings. The Labute approximate surface area is 463 Å². The number of nitrogens with zero attached hydrogens (tertiary/aromatic N) is 1. The fourth-order valence-corrected chi connectivity index (χ4v) is 5.95. The molecule has 9 unspecified atom stereocenters. The van der Waals surface area contributed by atoms with E-state index >= 15 is 0 Å². The minimum Gasteiger partial charge on any atom is -0.394 e. The second-order valence-electron chi connectivity index (χ2n) is 16.5. The van der Waals surface area contributed by atoms with E-state index in [1.165, 1.54) is 17.1 Å². The van der Waals surface area contributed by atoms with Crippen molar-refractivity contribution in [1.82, 2.24) is 4.90 Å². The molecule has 33 nitrogen and oxygen atoms in total. The Morgan fingerprint density at radius 2 is 0.725 bits per heavy atom. The van der Waals surface area contributed by atoms with Gasteiger partial charge in [0.25, 0.3) is 11.8 Å².